The van der Waals surface area contributed by atoms with Crippen molar-refractivity contribution in [3.63, 3.8) is 0 Å². The SMILES string of the molecule is CC(NC(=O)NCCOc1ccc([N+](=O)[O-])cc1)C1CCCO1. The monoisotopic (exact) mass is 323 g/mol. The van der Waals surface area contributed by atoms with Gasteiger partial charge in [-0.25, -0.2) is 4.79 Å². The predicted octanol–water partition coefficient (Wildman–Crippen LogP) is 1.84. The molecule has 1 aliphatic rings. The third-order valence-corrected chi connectivity index (χ3v) is 3.59. The van der Waals surface area contributed by atoms with Crippen LogP contribution in [0.5, 0.6) is 5.75 Å². The second kappa shape index (κ2) is 8.33. The van der Waals surface area contributed by atoms with Gasteiger partial charge in [0.05, 0.1) is 23.6 Å². The molecule has 0 bridgehead atoms. The number of urea groups is 1. The van der Waals surface area contributed by atoms with E-state index in [1.54, 1.807) is 0 Å². The molecule has 2 amide bonds. The standard InChI is InChI=1S/C15H21N3O5/c1-11(14-3-2-9-23-14)17-15(19)16-8-10-22-13-6-4-12(5-7-13)18(20)21/h4-7,11,14H,2-3,8-10H2,1H3,(H2,16,17,19). The molecule has 0 aromatic heterocycles. The number of benzene rings is 1. The van der Waals surface area contributed by atoms with Crippen LogP contribution < -0.4 is 15.4 Å². The molecule has 0 saturated carbocycles. The lowest BCUT2D eigenvalue weighted by Crippen LogP contribution is -2.46. The first-order valence-electron chi connectivity index (χ1n) is 7.59. The Morgan fingerprint density at radius 3 is 2.83 bits per heavy atom. The summed E-state index contributed by atoms with van der Waals surface area (Å²) in [7, 11) is 0. The fourth-order valence-corrected chi connectivity index (χ4v) is 2.35. The van der Waals surface area contributed by atoms with E-state index in [1.807, 2.05) is 6.92 Å². The van der Waals surface area contributed by atoms with E-state index < -0.39 is 4.92 Å². The van der Waals surface area contributed by atoms with Crippen LogP contribution in [0, 0.1) is 10.1 Å². The van der Waals surface area contributed by atoms with Crippen molar-refractivity contribution in [1.29, 1.82) is 0 Å². The molecule has 8 nitrogen and oxygen atoms in total. The summed E-state index contributed by atoms with van der Waals surface area (Å²) in [6.07, 6.45) is 2.07. The number of carbonyl (C=O) groups is 1. The van der Waals surface area contributed by atoms with Gasteiger partial charge in [0.25, 0.3) is 5.69 Å². The predicted molar refractivity (Wildman–Crippen MR) is 83.6 cm³/mol. The lowest BCUT2D eigenvalue weighted by molar-refractivity contribution is -0.384. The Bertz CT molecular complexity index is 528. The number of hydrogen-bond donors (Lipinski definition) is 2. The minimum absolute atomic E-state index is 0.0120. The smallest absolute Gasteiger partial charge is 0.315 e. The number of nitro groups is 1. The van der Waals surface area contributed by atoms with Gasteiger partial charge in [0.2, 0.25) is 0 Å². The number of ether oxygens (including phenoxy) is 2. The maximum atomic E-state index is 11.7. The van der Waals surface area contributed by atoms with E-state index in [1.165, 1.54) is 24.3 Å². The van der Waals surface area contributed by atoms with Gasteiger partial charge < -0.3 is 20.1 Å². The van der Waals surface area contributed by atoms with Crippen molar-refractivity contribution in [2.75, 3.05) is 19.8 Å². The van der Waals surface area contributed by atoms with E-state index in [9.17, 15) is 14.9 Å². The van der Waals surface area contributed by atoms with Crippen LogP contribution in [0.25, 0.3) is 0 Å². The normalized spacial score (nSPS) is 18.2. The zero-order valence-electron chi connectivity index (χ0n) is 13.0. The van der Waals surface area contributed by atoms with Gasteiger partial charge in [-0.1, -0.05) is 0 Å². The summed E-state index contributed by atoms with van der Waals surface area (Å²) in [5.74, 6) is 0.519. The summed E-state index contributed by atoms with van der Waals surface area (Å²) < 4.78 is 10.9. The molecule has 126 valence electrons. The number of non-ortho nitro benzene ring substituents is 1. The van der Waals surface area contributed by atoms with Crippen LogP contribution in [-0.4, -0.2) is 42.9 Å². The van der Waals surface area contributed by atoms with Crippen LogP contribution in [-0.2, 0) is 4.74 Å². The largest absolute Gasteiger partial charge is 0.492 e. The molecule has 0 aliphatic carbocycles. The summed E-state index contributed by atoms with van der Waals surface area (Å²) in [6.45, 7) is 3.28. The highest BCUT2D eigenvalue weighted by Gasteiger charge is 2.23. The molecule has 23 heavy (non-hydrogen) atoms. The molecule has 1 aromatic rings. The number of nitro benzene ring substituents is 1. The first kappa shape index (κ1) is 17.0. The number of rotatable bonds is 7. The molecule has 1 aromatic carbocycles. The number of nitrogens with zero attached hydrogens (tertiary/aromatic N) is 1. The van der Waals surface area contributed by atoms with Crippen molar-refractivity contribution in [3.05, 3.63) is 34.4 Å². The van der Waals surface area contributed by atoms with E-state index in [0.29, 0.717) is 12.3 Å². The molecule has 0 spiro atoms. The Hall–Kier alpha value is -2.35. The highest BCUT2D eigenvalue weighted by Crippen LogP contribution is 2.17. The Balaban J connectivity index is 1.62. The van der Waals surface area contributed by atoms with Gasteiger partial charge in [-0.15, -0.1) is 0 Å². The second-order valence-corrected chi connectivity index (χ2v) is 5.34. The lowest BCUT2D eigenvalue weighted by Gasteiger charge is -2.20. The Kier molecular flexibility index (Phi) is 6.16. The van der Waals surface area contributed by atoms with Gasteiger partial charge in [-0.2, -0.15) is 0 Å². The van der Waals surface area contributed by atoms with Crippen LogP contribution in [0.2, 0.25) is 0 Å². The Labute approximate surface area is 134 Å². The highest BCUT2D eigenvalue weighted by atomic mass is 16.6. The first-order valence-corrected chi connectivity index (χ1v) is 7.59. The minimum atomic E-state index is -0.467. The summed E-state index contributed by atoms with van der Waals surface area (Å²) in [4.78, 5) is 21.8. The third kappa shape index (κ3) is 5.41. The molecule has 2 atom stereocenters. The molecule has 8 heteroatoms. The molecule has 1 aliphatic heterocycles. The lowest BCUT2D eigenvalue weighted by atomic mass is 10.1. The van der Waals surface area contributed by atoms with E-state index in [0.717, 1.165) is 19.4 Å². The molecule has 2 N–H and O–H groups in total. The maximum absolute atomic E-state index is 11.7. The van der Waals surface area contributed by atoms with Crippen LogP contribution in [0.3, 0.4) is 0 Å². The molecule has 1 saturated heterocycles. The average Bonchev–Trinajstić information content (AvgIpc) is 3.06. The fraction of sp³-hybridized carbons (Fsp3) is 0.533. The molecule has 1 heterocycles. The van der Waals surface area contributed by atoms with E-state index >= 15 is 0 Å². The van der Waals surface area contributed by atoms with Crippen LogP contribution >= 0.6 is 0 Å². The zero-order chi connectivity index (χ0) is 16.7. The van der Waals surface area contributed by atoms with Crippen LogP contribution in [0.4, 0.5) is 10.5 Å². The van der Waals surface area contributed by atoms with Crippen molar-refractivity contribution in [2.24, 2.45) is 0 Å². The summed E-state index contributed by atoms with van der Waals surface area (Å²) in [6, 6.07) is 5.50. The molecular weight excluding hydrogens is 302 g/mol. The van der Waals surface area contributed by atoms with Crippen molar-refractivity contribution in [1.82, 2.24) is 10.6 Å². The highest BCUT2D eigenvalue weighted by molar-refractivity contribution is 5.74. The van der Waals surface area contributed by atoms with Gasteiger partial charge >= 0.3 is 6.03 Å². The van der Waals surface area contributed by atoms with E-state index in [4.69, 9.17) is 9.47 Å². The topological polar surface area (TPSA) is 103 Å². The zero-order valence-corrected chi connectivity index (χ0v) is 13.0. The molecule has 1 fully saturated rings. The second-order valence-electron chi connectivity index (χ2n) is 5.34. The minimum Gasteiger partial charge on any atom is -0.492 e. The summed E-state index contributed by atoms with van der Waals surface area (Å²) >= 11 is 0. The number of amides is 2. The Morgan fingerprint density at radius 2 is 2.22 bits per heavy atom. The van der Waals surface area contributed by atoms with Gasteiger partial charge in [-0.3, -0.25) is 10.1 Å². The fourth-order valence-electron chi connectivity index (χ4n) is 2.35. The van der Waals surface area contributed by atoms with E-state index in [2.05, 4.69) is 10.6 Å². The summed E-state index contributed by atoms with van der Waals surface area (Å²) in [5.41, 5.74) is 0.0120. The Morgan fingerprint density at radius 1 is 1.48 bits per heavy atom. The van der Waals surface area contributed by atoms with Crippen LogP contribution in [0.15, 0.2) is 24.3 Å². The number of carbonyl (C=O) groups excluding carboxylic acids is 1. The molecule has 2 unspecified atom stereocenters. The number of nitrogens with one attached hydrogen (secondary N) is 2. The summed E-state index contributed by atoms with van der Waals surface area (Å²) in [5, 5.41) is 16.1. The quantitative estimate of drug-likeness (QED) is 0.453. The number of hydrogen-bond acceptors (Lipinski definition) is 5. The van der Waals surface area contributed by atoms with Crippen molar-refractivity contribution >= 4 is 11.7 Å². The van der Waals surface area contributed by atoms with Gasteiger partial charge in [-0.05, 0) is 31.9 Å². The van der Waals surface area contributed by atoms with Crippen molar-refractivity contribution < 1.29 is 19.2 Å². The average molecular weight is 323 g/mol. The van der Waals surface area contributed by atoms with Gasteiger partial charge in [0.1, 0.15) is 12.4 Å². The maximum Gasteiger partial charge on any atom is 0.315 e. The van der Waals surface area contributed by atoms with Crippen molar-refractivity contribution in [3.8, 4) is 5.75 Å². The molecule has 2 rings (SSSR count). The van der Waals surface area contributed by atoms with Crippen LogP contribution in [0.1, 0.15) is 19.8 Å². The third-order valence-electron chi connectivity index (χ3n) is 3.59. The van der Waals surface area contributed by atoms with E-state index in [-0.39, 0.29) is 30.5 Å². The van der Waals surface area contributed by atoms with Crippen molar-refractivity contribution in [2.45, 2.75) is 31.9 Å². The first-order chi connectivity index (χ1) is 11.1. The van der Waals surface area contributed by atoms with Gasteiger partial charge in [0.15, 0.2) is 0 Å². The molecular formula is C15H21N3O5. The van der Waals surface area contributed by atoms with Gasteiger partial charge in [0, 0.05) is 18.7 Å². The molecule has 0 radical (unpaired) electrons.